The summed E-state index contributed by atoms with van der Waals surface area (Å²) < 4.78 is 0. The summed E-state index contributed by atoms with van der Waals surface area (Å²) in [6.07, 6.45) is 8.00. The number of nitrogens with one attached hydrogen (secondary N) is 2. The molecular weight excluding hydrogens is 260 g/mol. The van der Waals surface area contributed by atoms with Gasteiger partial charge in [0.05, 0.1) is 0 Å². The molecule has 2 aromatic heterocycles. The van der Waals surface area contributed by atoms with E-state index in [1.165, 1.54) is 35.0 Å². The van der Waals surface area contributed by atoms with Gasteiger partial charge in [-0.3, -0.25) is 0 Å². The van der Waals surface area contributed by atoms with Gasteiger partial charge in [0, 0.05) is 42.5 Å². The smallest absolute Gasteiger partial charge is 0.110 e. The minimum absolute atomic E-state index is 0.655. The molecule has 108 valence electrons. The van der Waals surface area contributed by atoms with E-state index in [0.29, 0.717) is 5.92 Å². The van der Waals surface area contributed by atoms with Crippen molar-refractivity contribution in [2.75, 3.05) is 20.1 Å². The molecule has 21 heavy (non-hydrogen) atoms. The van der Waals surface area contributed by atoms with Crippen molar-refractivity contribution in [3.05, 3.63) is 53.7 Å². The average molecular weight is 280 g/mol. The summed E-state index contributed by atoms with van der Waals surface area (Å²) in [4.78, 5) is 13.3. The average Bonchev–Trinajstić information content (AvgIpc) is 3.19. The van der Waals surface area contributed by atoms with Crippen LogP contribution < -0.4 is 0 Å². The molecule has 0 radical (unpaired) electrons. The number of H-pyrrole nitrogens is 2. The largest absolute Gasteiger partial charge is 0.361 e. The Bertz CT molecular complexity index is 741. The zero-order valence-corrected chi connectivity index (χ0v) is 12.3. The maximum atomic E-state index is 4.32. The first-order valence-electron chi connectivity index (χ1n) is 7.56. The first-order chi connectivity index (χ1) is 10.3. The van der Waals surface area contributed by atoms with Gasteiger partial charge in [0.15, 0.2) is 0 Å². The fraction of sp³-hybridized carbons (Fsp3) is 0.353. The Labute approximate surface area is 124 Å². The van der Waals surface area contributed by atoms with E-state index >= 15 is 0 Å². The summed E-state index contributed by atoms with van der Waals surface area (Å²) >= 11 is 0. The van der Waals surface area contributed by atoms with Crippen LogP contribution in [0.25, 0.3) is 10.9 Å². The summed E-state index contributed by atoms with van der Waals surface area (Å²) in [5.41, 5.74) is 4.02. The maximum Gasteiger partial charge on any atom is 0.110 e. The summed E-state index contributed by atoms with van der Waals surface area (Å²) in [7, 11) is 2.21. The number of hydrogen-bond donors (Lipinski definition) is 2. The van der Waals surface area contributed by atoms with E-state index in [4.69, 9.17) is 0 Å². The number of imidazole rings is 1. The van der Waals surface area contributed by atoms with Gasteiger partial charge in [0.2, 0.25) is 0 Å². The van der Waals surface area contributed by atoms with Crippen LogP contribution in [0.15, 0.2) is 36.8 Å². The molecule has 0 amide bonds. The minimum Gasteiger partial charge on any atom is -0.361 e. The molecule has 1 unspecified atom stereocenters. The van der Waals surface area contributed by atoms with Crippen molar-refractivity contribution >= 4 is 10.9 Å². The van der Waals surface area contributed by atoms with Gasteiger partial charge >= 0.3 is 0 Å². The number of benzene rings is 1. The van der Waals surface area contributed by atoms with E-state index in [1.807, 2.05) is 12.4 Å². The van der Waals surface area contributed by atoms with Crippen molar-refractivity contribution in [1.29, 1.82) is 0 Å². The van der Waals surface area contributed by atoms with Crippen LogP contribution in [0.2, 0.25) is 0 Å². The number of nitrogens with zero attached hydrogens (tertiary/aromatic N) is 2. The molecule has 1 fully saturated rings. The van der Waals surface area contributed by atoms with E-state index in [-0.39, 0.29) is 0 Å². The predicted molar refractivity (Wildman–Crippen MR) is 84.5 cm³/mol. The van der Waals surface area contributed by atoms with Crippen LogP contribution in [0.4, 0.5) is 0 Å². The van der Waals surface area contributed by atoms with E-state index in [0.717, 1.165) is 18.8 Å². The van der Waals surface area contributed by atoms with Crippen LogP contribution >= 0.6 is 0 Å². The van der Waals surface area contributed by atoms with Crippen LogP contribution in [-0.4, -0.2) is 40.0 Å². The second-order valence-electron chi connectivity index (χ2n) is 6.08. The van der Waals surface area contributed by atoms with Gasteiger partial charge in [-0.15, -0.1) is 0 Å². The number of rotatable bonds is 3. The van der Waals surface area contributed by atoms with Gasteiger partial charge < -0.3 is 14.9 Å². The molecule has 4 rings (SSSR count). The number of likely N-dealkylation sites (tertiary alicyclic amines) is 1. The Hall–Kier alpha value is -2.07. The SMILES string of the molecule is CN1CCC(c2c[nH]c3ccc(Cc4ncc[nH]4)cc23)C1. The molecule has 1 atom stereocenters. The molecule has 1 saturated heterocycles. The number of fused-ring (bicyclic) bond motifs is 1. The first kappa shape index (κ1) is 12.7. The van der Waals surface area contributed by atoms with Gasteiger partial charge in [-0.1, -0.05) is 6.07 Å². The third-order valence-corrected chi connectivity index (χ3v) is 4.54. The summed E-state index contributed by atoms with van der Waals surface area (Å²) in [5, 5.41) is 1.37. The van der Waals surface area contributed by atoms with Crippen LogP contribution in [0.5, 0.6) is 0 Å². The zero-order valence-electron chi connectivity index (χ0n) is 12.3. The van der Waals surface area contributed by atoms with Gasteiger partial charge in [-0.25, -0.2) is 4.98 Å². The van der Waals surface area contributed by atoms with Crippen LogP contribution in [-0.2, 0) is 6.42 Å². The van der Waals surface area contributed by atoms with E-state index in [1.54, 1.807) is 0 Å². The normalized spacial score (nSPS) is 19.6. The lowest BCUT2D eigenvalue weighted by molar-refractivity contribution is 0.412. The topological polar surface area (TPSA) is 47.7 Å². The Balaban J connectivity index is 1.69. The number of likely N-dealkylation sites (N-methyl/N-ethyl adjacent to an activating group) is 1. The summed E-state index contributed by atoms with van der Waals surface area (Å²) in [6, 6.07) is 6.70. The molecule has 0 saturated carbocycles. The van der Waals surface area contributed by atoms with Gasteiger partial charge in [0.1, 0.15) is 5.82 Å². The molecular formula is C17H20N4. The standard InChI is InChI=1S/C17H20N4/c1-21-7-4-13(11-21)15-10-20-16-3-2-12(8-14(15)16)9-17-18-5-6-19-17/h2-3,5-6,8,10,13,20H,4,7,9,11H2,1H3,(H,18,19). The second kappa shape index (κ2) is 5.04. The van der Waals surface area contributed by atoms with Crippen LogP contribution in [0.3, 0.4) is 0 Å². The van der Waals surface area contributed by atoms with Crippen molar-refractivity contribution in [1.82, 2.24) is 19.9 Å². The highest BCUT2D eigenvalue weighted by Crippen LogP contribution is 2.32. The molecule has 2 N–H and O–H groups in total. The molecule has 0 bridgehead atoms. The number of aromatic amines is 2. The van der Waals surface area contributed by atoms with E-state index in [9.17, 15) is 0 Å². The van der Waals surface area contributed by atoms with Crippen LogP contribution in [0.1, 0.15) is 29.3 Å². The fourth-order valence-corrected chi connectivity index (χ4v) is 3.41. The Morgan fingerprint density at radius 2 is 2.29 bits per heavy atom. The Morgan fingerprint density at radius 3 is 3.05 bits per heavy atom. The zero-order chi connectivity index (χ0) is 14.2. The lowest BCUT2D eigenvalue weighted by Crippen LogP contribution is -2.13. The van der Waals surface area contributed by atoms with Gasteiger partial charge in [-0.05, 0) is 49.2 Å². The van der Waals surface area contributed by atoms with Crippen molar-refractivity contribution in [2.45, 2.75) is 18.8 Å². The summed E-state index contributed by atoms with van der Waals surface area (Å²) in [5.74, 6) is 1.68. The Kier molecular flexibility index (Phi) is 3.04. The molecule has 3 aromatic rings. The quantitative estimate of drug-likeness (QED) is 0.775. The third-order valence-electron chi connectivity index (χ3n) is 4.54. The van der Waals surface area contributed by atoms with Crippen molar-refractivity contribution in [3.63, 3.8) is 0 Å². The molecule has 1 aliphatic rings. The van der Waals surface area contributed by atoms with E-state index in [2.05, 4.69) is 51.3 Å². The summed E-state index contributed by atoms with van der Waals surface area (Å²) in [6.45, 7) is 2.36. The third kappa shape index (κ3) is 2.36. The lowest BCUT2D eigenvalue weighted by atomic mass is 9.96. The van der Waals surface area contributed by atoms with Crippen LogP contribution in [0, 0.1) is 0 Å². The molecule has 4 nitrogen and oxygen atoms in total. The van der Waals surface area contributed by atoms with E-state index < -0.39 is 0 Å². The molecule has 1 aliphatic heterocycles. The predicted octanol–water partition coefficient (Wildman–Crippen LogP) is 2.90. The number of hydrogen-bond acceptors (Lipinski definition) is 2. The highest BCUT2D eigenvalue weighted by atomic mass is 15.1. The number of aromatic nitrogens is 3. The maximum absolute atomic E-state index is 4.32. The molecule has 0 spiro atoms. The lowest BCUT2D eigenvalue weighted by Gasteiger charge is -2.10. The molecule has 1 aromatic carbocycles. The minimum atomic E-state index is 0.655. The van der Waals surface area contributed by atoms with Gasteiger partial charge in [0.25, 0.3) is 0 Å². The van der Waals surface area contributed by atoms with Crippen molar-refractivity contribution < 1.29 is 0 Å². The molecule has 3 heterocycles. The second-order valence-corrected chi connectivity index (χ2v) is 6.08. The highest BCUT2D eigenvalue weighted by Gasteiger charge is 2.23. The molecule has 0 aliphatic carbocycles. The van der Waals surface area contributed by atoms with Crippen molar-refractivity contribution in [2.24, 2.45) is 0 Å². The highest BCUT2D eigenvalue weighted by molar-refractivity contribution is 5.84. The van der Waals surface area contributed by atoms with Crippen molar-refractivity contribution in [3.8, 4) is 0 Å². The molecule has 4 heteroatoms. The fourth-order valence-electron chi connectivity index (χ4n) is 3.41. The first-order valence-corrected chi connectivity index (χ1v) is 7.56. The van der Waals surface area contributed by atoms with Gasteiger partial charge in [-0.2, -0.15) is 0 Å². The monoisotopic (exact) mass is 280 g/mol. The Morgan fingerprint density at radius 1 is 1.33 bits per heavy atom.